The van der Waals surface area contributed by atoms with E-state index in [-0.39, 0.29) is 12.0 Å². The monoisotopic (exact) mass is 399 g/mol. The normalized spacial score (nSPS) is 13.8. The quantitative estimate of drug-likeness (QED) is 0.621. The first-order chi connectivity index (χ1) is 13.3. The summed E-state index contributed by atoms with van der Waals surface area (Å²) in [5.41, 5.74) is 0.958. The van der Waals surface area contributed by atoms with Crippen molar-refractivity contribution in [1.82, 2.24) is 4.57 Å². The minimum absolute atomic E-state index is 0.151. The molecule has 1 unspecified atom stereocenters. The van der Waals surface area contributed by atoms with Crippen LogP contribution in [0.25, 0.3) is 0 Å². The second kappa shape index (κ2) is 7.61. The van der Waals surface area contributed by atoms with Crippen molar-refractivity contribution in [1.29, 1.82) is 0 Å². The van der Waals surface area contributed by atoms with E-state index in [0.29, 0.717) is 12.0 Å². The molecule has 1 aromatic heterocycles. The fourth-order valence-corrected chi connectivity index (χ4v) is 4.75. The van der Waals surface area contributed by atoms with Crippen LogP contribution in [0.1, 0.15) is 30.0 Å². The molecule has 0 radical (unpaired) electrons. The Morgan fingerprint density at radius 2 is 1.50 bits per heavy atom. The molecule has 0 fully saturated rings. The first kappa shape index (κ1) is 19.9. The van der Waals surface area contributed by atoms with Crippen LogP contribution in [0.2, 0.25) is 0 Å². The number of rotatable bonds is 6. The molecule has 2 N–H and O–H groups in total. The number of pyridine rings is 1. The van der Waals surface area contributed by atoms with Crippen molar-refractivity contribution >= 4 is 10.1 Å². The van der Waals surface area contributed by atoms with E-state index in [1.807, 2.05) is 30.3 Å². The van der Waals surface area contributed by atoms with E-state index >= 15 is 0 Å². The molecule has 0 spiro atoms. The summed E-state index contributed by atoms with van der Waals surface area (Å²) in [6.45, 7) is 1.53. The van der Waals surface area contributed by atoms with Gasteiger partial charge in [0, 0.05) is 12.1 Å². The van der Waals surface area contributed by atoms with E-state index in [0.717, 1.165) is 10.1 Å². The summed E-state index contributed by atoms with van der Waals surface area (Å²) in [7, 11) is -4.80. The van der Waals surface area contributed by atoms with Gasteiger partial charge in [0.15, 0.2) is 5.88 Å². The summed E-state index contributed by atoms with van der Waals surface area (Å²) in [6.07, 6.45) is 0.252. The standard InChI is InChI=1S/C21H21NO5S/c1-2-21(28(25,26)27,18-11-7-4-8-12-18)22-19(23)14-17(15-20(22)24)13-16-9-5-3-6-10-16/h3-12,14-15,23H,2,13H2,1H3,(H,25,26,27). The lowest BCUT2D eigenvalue weighted by Crippen LogP contribution is -2.47. The predicted molar refractivity (Wildman–Crippen MR) is 107 cm³/mol. The first-order valence-corrected chi connectivity index (χ1v) is 10.3. The highest BCUT2D eigenvalue weighted by molar-refractivity contribution is 7.86. The van der Waals surface area contributed by atoms with E-state index < -0.39 is 26.4 Å². The molecule has 0 aliphatic heterocycles. The molecule has 146 valence electrons. The zero-order valence-corrected chi connectivity index (χ0v) is 16.1. The average molecular weight is 399 g/mol. The SMILES string of the molecule is CCC(c1ccccc1)(n1c(O)cc(Cc2ccccc2)cc1=O)S(=O)(=O)O. The van der Waals surface area contributed by atoms with Crippen molar-refractivity contribution in [3.05, 3.63) is 99.8 Å². The molecule has 2 aromatic carbocycles. The van der Waals surface area contributed by atoms with Crippen molar-refractivity contribution in [2.75, 3.05) is 0 Å². The molecule has 0 aliphatic carbocycles. The molecule has 0 saturated heterocycles. The Bertz CT molecular complexity index is 1120. The molecule has 7 heteroatoms. The van der Waals surface area contributed by atoms with Gasteiger partial charge in [0.2, 0.25) is 4.87 Å². The van der Waals surface area contributed by atoms with Crippen LogP contribution in [0.4, 0.5) is 0 Å². The molecule has 0 aliphatic rings. The van der Waals surface area contributed by atoms with Gasteiger partial charge in [-0.05, 0) is 29.5 Å². The predicted octanol–water partition coefficient (Wildman–Crippen LogP) is 3.14. The smallest absolute Gasteiger partial charge is 0.294 e. The van der Waals surface area contributed by atoms with E-state index in [2.05, 4.69) is 0 Å². The summed E-state index contributed by atoms with van der Waals surface area (Å²) in [4.78, 5) is 10.8. The number of hydrogen-bond donors (Lipinski definition) is 2. The van der Waals surface area contributed by atoms with Gasteiger partial charge >= 0.3 is 0 Å². The number of hydrogen-bond acceptors (Lipinski definition) is 4. The van der Waals surface area contributed by atoms with Crippen molar-refractivity contribution in [3.8, 4) is 5.88 Å². The summed E-state index contributed by atoms with van der Waals surface area (Å²) in [5.74, 6) is -0.526. The van der Waals surface area contributed by atoms with Crippen LogP contribution in [0.3, 0.4) is 0 Å². The van der Waals surface area contributed by atoms with E-state index in [1.54, 1.807) is 18.2 Å². The highest BCUT2D eigenvalue weighted by atomic mass is 32.2. The molecule has 3 aromatic rings. The molecular formula is C21H21NO5S. The molecular weight excluding hydrogens is 378 g/mol. The van der Waals surface area contributed by atoms with Crippen LogP contribution >= 0.6 is 0 Å². The first-order valence-electron chi connectivity index (χ1n) is 8.81. The molecule has 28 heavy (non-hydrogen) atoms. The third kappa shape index (κ3) is 3.46. The number of nitrogens with zero attached hydrogens (tertiary/aromatic N) is 1. The molecule has 0 bridgehead atoms. The fourth-order valence-electron chi connectivity index (χ4n) is 3.54. The van der Waals surface area contributed by atoms with Gasteiger partial charge in [0.25, 0.3) is 15.7 Å². The van der Waals surface area contributed by atoms with Gasteiger partial charge in [0.05, 0.1) is 0 Å². The van der Waals surface area contributed by atoms with Crippen LogP contribution in [0, 0.1) is 0 Å². The summed E-state index contributed by atoms with van der Waals surface area (Å²) >= 11 is 0. The van der Waals surface area contributed by atoms with Crippen LogP contribution in [-0.4, -0.2) is 22.6 Å². The summed E-state index contributed by atoms with van der Waals surface area (Å²) < 4.78 is 35.7. The number of benzene rings is 2. The van der Waals surface area contributed by atoms with Crippen molar-refractivity contribution in [2.24, 2.45) is 0 Å². The largest absolute Gasteiger partial charge is 0.494 e. The third-order valence-corrected chi connectivity index (χ3v) is 6.38. The zero-order chi connectivity index (χ0) is 20.4. The maximum Gasteiger partial charge on any atom is 0.294 e. The lowest BCUT2D eigenvalue weighted by Gasteiger charge is -2.33. The molecule has 0 amide bonds. The highest BCUT2D eigenvalue weighted by Crippen LogP contribution is 2.37. The van der Waals surface area contributed by atoms with E-state index in [4.69, 9.17) is 0 Å². The Morgan fingerprint density at radius 1 is 0.929 bits per heavy atom. The van der Waals surface area contributed by atoms with Crippen LogP contribution in [-0.2, 0) is 21.4 Å². The molecule has 0 saturated carbocycles. The lowest BCUT2D eigenvalue weighted by atomic mass is 10.0. The Hall–Kier alpha value is -2.90. The summed E-state index contributed by atoms with van der Waals surface area (Å²) in [6, 6.07) is 19.9. The highest BCUT2D eigenvalue weighted by Gasteiger charge is 2.47. The zero-order valence-electron chi connectivity index (χ0n) is 15.3. The van der Waals surface area contributed by atoms with Gasteiger partial charge in [-0.3, -0.25) is 13.9 Å². The van der Waals surface area contributed by atoms with Gasteiger partial charge in [-0.25, -0.2) is 0 Å². The van der Waals surface area contributed by atoms with Gasteiger partial charge in [0.1, 0.15) is 0 Å². The van der Waals surface area contributed by atoms with Crippen LogP contribution in [0.15, 0.2) is 77.6 Å². The maximum atomic E-state index is 12.9. The molecule has 6 nitrogen and oxygen atoms in total. The second-order valence-electron chi connectivity index (χ2n) is 6.54. The third-order valence-electron chi connectivity index (χ3n) is 4.82. The van der Waals surface area contributed by atoms with Gasteiger partial charge in [-0.2, -0.15) is 8.42 Å². The second-order valence-corrected chi connectivity index (χ2v) is 8.16. The topological polar surface area (TPSA) is 96.6 Å². The molecule has 1 atom stereocenters. The van der Waals surface area contributed by atoms with Gasteiger partial charge in [-0.1, -0.05) is 67.6 Å². The summed E-state index contributed by atoms with van der Waals surface area (Å²) in [5, 5.41) is 10.6. The maximum absolute atomic E-state index is 12.9. The van der Waals surface area contributed by atoms with Gasteiger partial charge in [-0.15, -0.1) is 0 Å². The van der Waals surface area contributed by atoms with E-state index in [9.17, 15) is 22.9 Å². The number of aromatic hydroxyl groups is 1. The van der Waals surface area contributed by atoms with Gasteiger partial charge < -0.3 is 5.11 Å². The minimum Gasteiger partial charge on any atom is -0.494 e. The Morgan fingerprint density at radius 3 is 2.00 bits per heavy atom. The Balaban J connectivity index is 2.21. The van der Waals surface area contributed by atoms with Crippen molar-refractivity contribution < 1.29 is 18.1 Å². The Kier molecular flexibility index (Phi) is 5.40. The Labute approximate surface area is 163 Å². The average Bonchev–Trinajstić information content (AvgIpc) is 2.65. The van der Waals surface area contributed by atoms with Crippen LogP contribution < -0.4 is 5.56 Å². The van der Waals surface area contributed by atoms with Crippen molar-refractivity contribution in [2.45, 2.75) is 24.6 Å². The molecule has 3 rings (SSSR count). The van der Waals surface area contributed by atoms with Crippen LogP contribution in [0.5, 0.6) is 5.88 Å². The van der Waals surface area contributed by atoms with E-state index in [1.165, 1.54) is 31.2 Å². The number of aromatic nitrogens is 1. The molecule has 1 heterocycles. The lowest BCUT2D eigenvalue weighted by molar-refractivity contribution is 0.327. The van der Waals surface area contributed by atoms with Crippen molar-refractivity contribution in [3.63, 3.8) is 0 Å². The fraction of sp³-hybridized carbons (Fsp3) is 0.190. The minimum atomic E-state index is -4.80.